The van der Waals surface area contributed by atoms with E-state index in [4.69, 9.17) is 9.47 Å². The van der Waals surface area contributed by atoms with Crippen LogP contribution in [0, 0.1) is 5.92 Å². The Kier molecular flexibility index (Phi) is 6.47. The van der Waals surface area contributed by atoms with Gasteiger partial charge in [0.1, 0.15) is 12.3 Å². The van der Waals surface area contributed by atoms with E-state index in [0.717, 1.165) is 60.5 Å². The molecule has 8 heteroatoms. The molecule has 39 heavy (non-hydrogen) atoms. The van der Waals surface area contributed by atoms with Crippen molar-refractivity contribution in [1.29, 1.82) is 0 Å². The Labute approximate surface area is 229 Å². The van der Waals surface area contributed by atoms with Gasteiger partial charge >= 0.3 is 0 Å². The van der Waals surface area contributed by atoms with Gasteiger partial charge in [-0.2, -0.15) is 0 Å². The number of amides is 1. The molecular weight excluding hydrogens is 492 g/mol. The van der Waals surface area contributed by atoms with Gasteiger partial charge < -0.3 is 24.3 Å². The van der Waals surface area contributed by atoms with Crippen molar-refractivity contribution in [2.75, 3.05) is 60.0 Å². The number of methoxy groups -OCH3 is 1. The molecule has 2 aliphatic heterocycles. The van der Waals surface area contributed by atoms with Crippen LogP contribution in [0.2, 0.25) is 0 Å². The lowest BCUT2D eigenvalue weighted by molar-refractivity contribution is 0.0813. The first-order valence-electron chi connectivity index (χ1n) is 13.7. The van der Waals surface area contributed by atoms with Crippen LogP contribution in [0.4, 0.5) is 0 Å². The second-order valence-corrected chi connectivity index (χ2v) is 11.2. The summed E-state index contributed by atoms with van der Waals surface area (Å²) in [6.45, 7) is 10.5. The van der Waals surface area contributed by atoms with Crippen molar-refractivity contribution in [1.82, 2.24) is 19.7 Å². The third kappa shape index (κ3) is 4.32. The summed E-state index contributed by atoms with van der Waals surface area (Å²) in [7, 11) is 3.78. The highest BCUT2D eigenvalue weighted by Crippen LogP contribution is 2.50. The number of piperazine rings is 1. The summed E-state index contributed by atoms with van der Waals surface area (Å²) in [5.74, 6) is 1.26. The zero-order valence-corrected chi connectivity index (χ0v) is 23.1. The van der Waals surface area contributed by atoms with Gasteiger partial charge in [-0.25, -0.2) is 0 Å². The quantitative estimate of drug-likeness (QED) is 0.523. The smallest absolute Gasteiger partial charge is 0.274 e. The van der Waals surface area contributed by atoms with E-state index in [0.29, 0.717) is 30.3 Å². The Morgan fingerprint density at radius 2 is 1.87 bits per heavy atom. The Hall–Kier alpha value is -3.62. The van der Waals surface area contributed by atoms with Gasteiger partial charge in [0.05, 0.1) is 7.11 Å². The standard InChI is InChI=1S/C31H36N4O4/c1-20-19-35(29-18-26(36)22-7-5-6-8-23(22)31(20,29)2)30(37)25-15-21-16-28(27(38-4)17-24(21)32-25)39-14-13-34-11-9-33(3)10-12-34/h5-8,15-18,20,32H,9-14,19H2,1-4H3. The molecule has 3 heterocycles. The molecule has 8 nitrogen and oxygen atoms in total. The molecule has 2 saturated heterocycles. The Morgan fingerprint density at radius 1 is 1.10 bits per heavy atom. The molecule has 6 rings (SSSR count). The molecule has 0 saturated carbocycles. The summed E-state index contributed by atoms with van der Waals surface area (Å²) in [4.78, 5) is 36.6. The van der Waals surface area contributed by atoms with Crippen LogP contribution in [0.15, 0.2) is 54.2 Å². The molecule has 2 fully saturated rings. The molecule has 0 spiro atoms. The van der Waals surface area contributed by atoms with Gasteiger partial charge in [-0.3, -0.25) is 14.5 Å². The number of ketones is 1. The molecule has 1 N–H and O–H groups in total. The lowest BCUT2D eigenvalue weighted by Gasteiger charge is -2.35. The van der Waals surface area contributed by atoms with Crippen molar-refractivity contribution in [3.05, 3.63) is 71.1 Å². The fourth-order valence-electron chi connectivity index (χ4n) is 6.29. The number of H-pyrrole nitrogens is 1. The number of nitrogens with zero attached hydrogens (tertiary/aromatic N) is 3. The number of carbonyl (C=O) groups excluding carboxylic acids is 2. The first-order valence-corrected chi connectivity index (χ1v) is 13.7. The van der Waals surface area contributed by atoms with Crippen LogP contribution in [0.3, 0.4) is 0 Å². The fourth-order valence-corrected chi connectivity index (χ4v) is 6.29. The Morgan fingerprint density at radius 3 is 2.64 bits per heavy atom. The second kappa shape index (κ2) is 9.84. The number of carbonyl (C=O) groups is 2. The van der Waals surface area contributed by atoms with Crippen LogP contribution in [0.1, 0.15) is 40.3 Å². The van der Waals surface area contributed by atoms with Crippen molar-refractivity contribution < 1.29 is 19.1 Å². The number of hydrogen-bond donors (Lipinski definition) is 1. The number of likely N-dealkylation sites (tertiary alicyclic amines) is 1. The summed E-state index contributed by atoms with van der Waals surface area (Å²) in [5, 5.41) is 0.878. The van der Waals surface area contributed by atoms with Crippen LogP contribution in [-0.2, 0) is 5.41 Å². The van der Waals surface area contributed by atoms with Gasteiger partial charge in [-0.05, 0) is 37.6 Å². The van der Waals surface area contributed by atoms with Gasteiger partial charge in [-0.15, -0.1) is 0 Å². The lowest BCUT2D eigenvalue weighted by atomic mass is 9.68. The van der Waals surface area contributed by atoms with Gasteiger partial charge in [0.2, 0.25) is 0 Å². The van der Waals surface area contributed by atoms with E-state index in [9.17, 15) is 9.59 Å². The number of benzene rings is 2. The summed E-state index contributed by atoms with van der Waals surface area (Å²) in [6.07, 6.45) is 1.65. The van der Waals surface area contributed by atoms with Gasteiger partial charge in [0, 0.05) is 79.0 Å². The van der Waals surface area contributed by atoms with E-state index in [1.807, 2.05) is 42.5 Å². The molecular formula is C31H36N4O4. The maximum atomic E-state index is 13.9. The molecule has 2 aromatic carbocycles. The van der Waals surface area contributed by atoms with E-state index >= 15 is 0 Å². The number of hydrogen-bond acceptors (Lipinski definition) is 6. The normalized spacial score (nSPS) is 23.5. The summed E-state index contributed by atoms with van der Waals surface area (Å²) in [5.41, 5.74) is 3.37. The number of likely N-dealkylation sites (N-methyl/N-ethyl adjacent to an activating group) is 1. The molecule has 1 amide bonds. The fraction of sp³-hybridized carbons (Fsp3) is 0.419. The minimum Gasteiger partial charge on any atom is -0.493 e. The van der Waals surface area contributed by atoms with Gasteiger partial charge in [-0.1, -0.05) is 31.2 Å². The zero-order valence-electron chi connectivity index (χ0n) is 23.1. The first-order chi connectivity index (χ1) is 18.8. The second-order valence-electron chi connectivity index (χ2n) is 11.2. The minimum atomic E-state index is -0.403. The maximum Gasteiger partial charge on any atom is 0.274 e. The molecule has 1 aliphatic carbocycles. The Balaban J connectivity index is 1.24. The average molecular weight is 529 g/mol. The van der Waals surface area contributed by atoms with Crippen LogP contribution in [0.5, 0.6) is 11.5 Å². The number of allylic oxidation sites excluding steroid dienone is 2. The van der Waals surface area contributed by atoms with Crippen LogP contribution >= 0.6 is 0 Å². The maximum absolute atomic E-state index is 13.9. The number of aromatic nitrogens is 1. The predicted molar refractivity (Wildman–Crippen MR) is 151 cm³/mol. The third-order valence-electron chi connectivity index (χ3n) is 8.93. The minimum absolute atomic E-state index is 0.0512. The zero-order chi connectivity index (χ0) is 27.3. The molecule has 204 valence electrons. The molecule has 2 atom stereocenters. The number of ether oxygens (including phenoxy) is 2. The summed E-state index contributed by atoms with van der Waals surface area (Å²) >= 11 is 0. The molecule has 1 aromatic heterocycles. The third-order valence-corrected chi connectivity index (χ3v) is 8.93. The largest absolute Gasteiger partial charge is 0.493 e. The Bertz CT molecular complexity index is 1470. The predicted octanol–water partition coefficient (Wildman–Crippen LogP) is 3.93. The van der Waals surface area contributed by atoms with Crippen molar-refractivity contribution >= 4 is 22.6 Å². The molecule has 0 radical (unpaired) electrons. The van der Waals surface area contributed by atoms with Gasteiger partial charge in [0.25, 0.3) is 5.91 Å². The van der Waals surface area contributed by atoms with Crippen molar-refractivity contribution in [2.45, 2.75) is 19.3 Å². The highest BCUT2D eigenvalue weighted by atomic mass is 16.5. The average Bonchev–Trinajstić information content (AvgIpc) is 3.47. The monoisotopic (exact) mass is 528 g/mol. The highest BCUT2D eigenvalue weighted by molar-refractivity contribution is 6.09. The highest BCUT2D eigenvalue weighted by Gasteiger charge is 2.51. The topological polar surface area (TPSA) is 78.1 Å². The van der Waals surface area contributed by atoms with Crippen LogP contribution in [0.25, 0.3) is 10.9 Å². The first kappa shape index (κ1) is 25.6. The van der Waals surface area contributed by atoms with E-state index in [1.165, 1.54) is 0 Å². The van der Waals surface area contributed by atoms with E-state index in [-0.39, 0.29) is 17.6 Å². The molecule has 3 aliphatic rings. The number of nitrogens with one attached hydrogen (secondary N) is 1. The van der Waals surface area contributed by atoms with Crippen molar-refractivity contribution in [3.63, 3.8) is 0 Å². The SMILES string of the molecule is COc1cc2[nH]c(C(=O)N3CC(C)C4(C)C3=CC(=O)c3ccccc34)cc2cc1OCCN1CCN(C)CC1. The number of fused-ring (bicyclic) bond motifs is 4. The number of aromatic amines is 1. The van der Waals surface area contributed by atoms with Gasteiger partial charge in [0.15, 0.2) is 17.3 Å². The van der Waals surface area contributed by atoms with Crippen molar-refractivity contribution in [3.8, 4) is 11.5 Å². The molecule has 0 bridgehead atoms. The van der Waals surface area contributed by atoms with Crippen LogP contribution < -0.4 is 9.47 Å². The molecule has 3 aromatic rings. The lowest BCUT2D eigenvalue weighted by Crippen LogP contribution is -2.45. The van der Waals surface area contributed by atoms with E-state index in [1.54, 1.807) is 18.1 Å². The summed E-state index contributed by atoms with van der Waals surface area (Å²) in [6, 6.07) is 13.4. The van der Waals surface area contributed by atoms with E-state index < -0.39 is 5.41 Å². The molecule has 2 unspecified atom stereocenters. The number of rotatable bonds is 6. The van der Waals surface area contributed by atoms with E-state index in [2.05, 4.69) is 35.7 Å². The summed E-state index contributed by atoms with van der Waals surface area (Å²) < 4.78 is 11.8. The van der Waals surface area contributed by atoms with Crippen LogP contribution in [-0.4, -0.2) is 91.4 Å². The van der Waals surface area contributed by atoms with Crippen molar-refractivity contribution in [2.24, 2.45) is 5.92 Å².